The van der Waals surface area contributed by atoms with Crippen LogP contribution in [-0.2, 0) is 9.59 Å². The number of carboxylic acid groups (broad SMARTS) is 1. The normalized spacial score (nSPS) is 22.5. The third kappa shape index (κ3) is 2.73. The summed E-state index contributed by atoms with van der Waals surface area (Å²) in [5.41, 5.74) is 2.27. The fourth-order valence-electron chi connectivity index (χ4n) is 2.86. The first kappa shape index (κ1) is 15.4. The van der Waals surface area contributed by atoms with Crippen molar-refractivity contribution < 1.29 is 14.7 Å². The fraction of sp³-hybridized carbons (Fsp3) is 0.500. The van der Waals surface area contributed by atoms with Crippen LogP contribution in [0.15, 0.2) is 18.2 Å². The van der Waals surface area contributed by atoms with Crippen LogP contribution in [0.1, 0.15) is 19.4 Å². The Balaban J connectivity index is 2.13. The van der Waals surface area contributed by atoms with E-state index < -0.39 is 23.2 Å². The van der Waals surface area contributed by atoms with Crippen molar-refractivity contribution in [2.75, 3.05) is 24.3 Å². The first-order valence-electron chi connectivity index (χ1n) is 6.98. The highest BCUT2D eigenvalue weighted by molar-refractivity contribution is 6.00. The largest absolute Gasteiger partial charge is 0.481 e. The molecule has 0 spiro atoms. The van der Waals surface area contributed by atoms with Crippen LogP contribution in [0.4, 0.5) is 11.4 Å². The minimum absolute atomic E-state index is 0.215. The summed E-state index contributed by atoms with van der Waals surface area (Å²) >= 11 is 0. The predicted octanol–water partition coefficient (Wildman–Crippen LogP) is 2.36. The van der Waals surface area contributed by atoms with E-state index >= 15 is 0 Å². The van der Waals surface area contributed by atoms with Gasteiger partial charge in [0.1, 0.15) is 0 Å². The Hall–Kier alpha value is -2.04. The van der Waals surface area contributed by atoms with Gasteiger partial charge >= 0.3 is 5.97 Å². The third-order valence-corrected chi connectivity index (χ3v) is 4.36. The lowest BCUT2D eigenvalue weighted by Crippen LogP contribution is -2.18. The Bertz CT molecular complexity index is 593. The average Bonchev–Trinajstić information content (AvgIpc) is 2.95. The fourth-order valence-corrected chi connectivity index (χ4v) is 2.86. The number of carboxylic acids is 1. The maximum Gasteiger partial charge on any atom is 0.307 e. The molecule has 1 amide bonds. The smallest absolute Gasteiger partial charge is 0.307 e. The summed E-state index contributed by atoms with van der Waals surface area (Å²) in [7, 11) is 3.91. The summed E-state index contributed by atoms with van der Waals surface area (Å²) in [4.78, 5) is 25.4. The van der Waals surface area contributed by atoms with Gasteiger partial charge in [-0.2, -0.15) is 0 Å². The van der Waals surface area contributed by atoms with E-state index in [1.54, 1.807) is 0 Å². The van der Waals surface area contributed by atoms with Crippen molar-refractivity contribution >= 4 is 23.3 Å². The Morgan fingerprint density at radius 3 is 2.29 bits per heavy atom. The van der Waals surface area contributed by atoms with Crippen LogP contribution in [0, 0.1) is 24.2 Å². The molecule has 1 saturated carbocycles. The number of benzene rings is 1. The van der Waals surface area contributed by atoms with Gasteiger partial charge in [0, 0.05) is 25.5 Å². The van der Waals surface area contributed by atoms with Gasteiger partial charge in [0.05, 0.1) is 11.8 Å². The molecule has 2 unspecified atom stereocenters. The molecule has 0 radical (unpaired) electrons. The second kappa shape index (κ2) is 5.06. The molecule has 0 heterocycles. The molecule has 21 heavy (non-hydrogen) atoms. The number of amides is 1. The zero-order chi connectivity index (χ0) is 15.9. The van der Waals surface area contributed by atoms with Gasteiger partial charge in [-0.05, 0) is 36.1 Å². The SMILES string of the molecule is Cc1cc(N(C)C)ccc1NC(=O)C1C(C(=O)O)C1(C)C. The summed E-state index contributed by atoms with van der Waals surface area (Å²) in [5.74, 6) is -2.19. The number of rotatable bonds is 4. The number of nitrogens with one attached hydrogen (secondary N) is 1. The molecule has 2 atom stereocenters. The lowest BCUT2D eigenvalue weighted by atomic mass is 10.1. The molecule has 1 aromatic carbocycles. The van der Waals surface area contributed by atoms with E-state index in [9.17, 15) is 9.59 Å². The molecule has 0 aromatic heterocycles. The maximum absolute atomic E-state index is 12.3. The summed E-state index contributed by atoms with van der Waals surface area (Å²) in [6, 6.07) is 5.77. The number of hydrogen-bond donors (Lipinski definition) is 2. The van der Waals surface area contributed by atoms with Gasteiger partial charge in [-0.25, -0.2) is 0 Å². The highest BCUT2D eigenvalue weighted by Crippen LogP contribution is 2.58. The van der Waals surface area contributed by atoms with Gasteiger partial charge in [0.2, 0.25) is 5.91 Å². The number of aryl methyl sites for hydroxylation is 1. The molecule has 0 saturated heterocycles. The van der Waals surface area contributed by atoms with Crippen molar-refractivity contribution in [3.63, 3.8) is 0 Å². The lowest BCUT2D eigenvalue weighted by molar-refractivity contribution is -0.140. The van der Waals surface area contributed by atoms with Gasteiger partial charge in [-0.15, -0.1) is 0 Å². The van der Waals surface area contributed by atoms with Crippen LogP contribution in [0.25, 0.3) is 0 Å². The predicted molar refractivity (Wildman–Crippen MR) is 82.5 cm³/mol. The van der Waals surface area contributed by atoms with Crippen LogP contribution in [0.3, 0.4) is 0 Å². The Kier molecular flexibility index (Phi) is 3.70. The summed E-state index contributed by atoms with van der Waals surface area (Å²) in [5, 5.41) is 12.0. The van der Waals surface area contributed by atoms with E-state index in [1.165, 1.54) is 0 Å². The summed E-state index contributed by atoms with van der Waals surface area (Å²) in [6.07, 6.45) is 0. The number of carbonyl (C=O) groups excluding carboxylic acids is 1. The zero-order valence-corrected chi connectivity index (χ0v) is 13.1. The molecule has 1 aliphatic rings. The van der Waals surface area contributed by atoms with Crippen LogP contribution < -0.4 is 10.2 Å². The Labute approximate surface area is 125 Å². The second-order valence-corrected chi connectivity index (χ2v) is 6.50. The van der Waals surface area contributed by atoms with Crippen LogP contribution >= 0.6 is 0 Å². The highest BCUT2D eigenvalue weighted by atomic mass is 16.4. The molecule has 0 aliphatic heterocycles. The summed E-state index contributed by atoms with van der Waals surface area (Å²) in [6.45, 7) is 5.56. The Morgan fingerprint density at radius 1 is 1.24 bits per heavy atom. The molecule has 2 N–H and O–H groups in total. The van der Waals surface area contributed by atoms with Crippen LogP contribution in [0.5, 0.6) is 0 Å². The van der Waals surface area contributed by atoms with E-state index in [1.807, 2.05) is 58.0 Å². The topological polar surface area (TPSA) is 69.6 Å². The quantitative estimate of drug-likeness (QED) is 0.893. The molecule has 5 heteroatoms. The molecule has 1 fully saturated rings. The molecule has 5 nitrogen and oxygen atoms in total. The van der Waals surface area contributed by atoms with Gasteiger partial charge in [0.15, 0.2) is 0 Å². The molecule has 2 rings (SSSR count). The Morgan fingerprint density at radius 2 is 1.86 bits per heavy atom. The van der Waals surface area contributed by atoms with Crippen molar-refractivity contribution in [1.82, 2.24) is 0 Å². The number of nitrogens with zero attached hydrogens (tertiary/aromatic N) is 1. The molecule has 114 valence electrons. The highest BCUT2D eigenvalue weighted by Gasteiger charge is 2.65. The van der Waals surface area contributed by atoms with Crippen molar-refractivity contribution in [3.8, 4) is 0 Å². The molecule has 0 bridgehead atoms. The van der Waals surface area contributed by atoms with Crippen LogP contribution in [-0.4, -0.2) is 31.1 Å². The van der Waals surface area contributed by atoms with E-state index in [-0.39, 0.29) is 5.91 Å². The minimum Gasteiger partial charge on any atom is -0.481 e. The maximum atomic E-state index is 12.3. The van der Waals surface area contributed by atoms with Crippen molar-refractivity contribution in [2.45, 2.75) is 20.8 Å². The molecular formula is C16H22N2O3. The van der Waals surface area contributed by atoms with Crippen molar-refractivity contribution in [2.24, 2.45) is 17.3 Å². The number of carbonyl (C=O) groups is 2. The van der Waals surface area contributed by atoms with Gasteiger partial charge in [-0.1, -0.05) is 13.8 Å². The van der Waals surface area contributed by atoms with Crippen molar-refractivity contribution in [3.05, 3.63) is 23.8 Å². The number of anilines is 2. The number of hydrogen-bond acceptors (Lipinski definition) is 3. The summed E-state index contributed by atoms with van der Waals surface area (Å²) < 4.78 is 0. The van der Waals surface area contributed by atoms with Crippen molar-refractivity contribution in [1.29, 1.82) is 0 Å². The first-order chi connectivity index (χ1) is 9.66. The first-order valence-corrected chi connectivity index (χ1v) is 6.98. The van der Waals surface area contributed by atoms with E-state index in [4.69, 9.17) is 5.11 Å². The van der Waals surface area contributed by atoms with Gasteiger partial charge < -0.3 is 15.3 Å². The van der Waals surface area contributed by atoms with Gasteiger partial charge in [0.25, 0.3) is 0 Å². The monoisotopic (exact) mass is 290 g/mol. The van der Waals surface area contributed by atoms with E-state index in [2.05, 4.69) is 5.32 Å². The number of aliphatic carboxylic acids is 1. The van der Waals surface area contributed by atoms with Crippen LogP contribution in [0.2, 0.25) is 0 Å². The third-order valence-electron chi connectivity index (χ3n) is 4.36. The van der Waals surface area contributed by atoms with Gasteiger partial charge in [-0.3, -0.25) is 9.59 Å². The van der Waals surface area contributed by atoms with E-state index in [0.29, 0.717) is 0 Å². The lowest BCUT2D eigenvalue weighted by Gasteiger charge is -2.15. The molecule has 1 aromatic rings. The van der Waals surface area contributed by atoms with E-state index in [0.717, 1.165) is 16.9 Å². The standard InChI is InChI=1S/C16H22N2O3/c1-9-8-10(18(4)5)6-7-11(9)17-14(19)12-13(15(20)21)16(12,2)3/h6-8,12-13H,1-5H3,(H,17,19)(H,20,21). The molecular weight excluding hydrogens is 268 g/mol. The molecule has 1 aliphatic carbocycles. The minimum atomic E-state index is -0.903. The average molecular weight is 290 g/mol. The zero-order valence-electron chi connectivity index (χ0n) is 13.1. The second-order valence-electron chi connectivity index (χ2n) is 6.50.